The number of ether oxygens (including phenoxy) is 1. The number of rotatable bonds is 1. The van der Waals surface area contributed by atoms with Crippen LogP contribution in [0.3, 0.4) is 0 Å². The van der Waals surface area contributed by atoms with E-state index in [0.29, 0.717) is 0 Å². The Morgan fingerprint density at radius 1 is 1.38 bits per heavy atom. The molecule has 0 N–H and O–H groups in total. The minimum atomic E-state index is 0.183. The Bertz CT molecular complexity index is 344. The summed E-state index contributed by atoms with van der Waals surface area (Å²) in [7, 11) is 0. The molecule has 2 rings (SSSR count). The van der Waals surface area contributed by atoms with E-state index >= 15 is 0 Å². The molecule has 0 amide bonds. The second-order valence-electron chi connectivity index (χ2n) is 3.14. The maximum Gasteiger partial charge on any atom is 0.127 e. The average Bonchev–Trinajstić information content (AvgIpc) is 2.16. The predicted molar refractivity (Wildman–Crippen MR) is 58.3 cm³/mol. The summed E-state index contributed by atoms with van der Waals surface area (Å²) in [6.07, 6.45) is 2.33. The summed E-state index contributed by atoms with van der Waals surface area (Å²) >= 11 is 3.48. The molecule has 0 aliphatic carbocycles. The van der Waals surface area contributed by atoms with Crippen molar-refractivity contribution < 1.29 is 4.74 Å². The van der Waals surface area contributed by atoms with Gasteiger partial charge in [-0.1, -0.05) is 34.1 Å². The topological polar surface area (TPSA) is 9.23 Å². The van der Waals surface area contributed by atoms with Crippen LogP contribution in [0.4, 0.5) is 0 Å². The van der Waals surface area contributed by atoms with Gasteiger partial charge in [0.2, 0.25) is 0 Å². The fourth-order valence-electron chi connectivity index (χ4n) is 1.56. The molecule has 13 heavy (non-hydrogen) atoms. The standard InChI is InChI=1S/C11H11BrO/c1-8-6-9(7-12)10-4-2-3-5-11(10)13-8/h2-6,8H,7H2,1H3. The van der Waals surface area contributed by atoms with Crippen LogP contribution in [-0.4, -0.2) is 11.4 Å². The summed E-state index contributed by atoms with van der Waals surface area (Å²) in [5, 5.41) is 0.887. The van der Waals surface area contributed by atoms with Crippen molar-refractivity contribution in [2.45, 2.75) is 13.0 Å². The lowest BCUT2D eigenvalue weighted by Gasteiger charge is -2.22. The van der Waals surface area contributed by atoms with E-state index < -0.39 is 0 Å². The molecule has 0 saturated heterocycles. The van der Waals surface area contributed by atoms with Crippen molar-refractivity contribution in [2.24, 2.45) is 0 Å². The summed E-state index contributed by atoms with van der Waals surface area (Å²) in [5.41, 5.74) is 2.52. The number of allylic oxidation sites excluding steroid dienone is 1. The Labute approximate surface area is 86.5 Å². The number of benzene rings is 1. The second kappa shape index (κ2) is 3.54. The van der Waals surface area contributed by atoms with Gasteiger partial charge < -0.3 is 4.74 Å². The third-order valence-corrected chi connectivity index (χ3v) is 2.73. The van der Waals surface area contributed by atoms with Crippen molar-refractivity contribution >= 4 is 21.5 Å². The monoisotopic (exact) mass is 238 g/mol. The first kappa shape index (κ1) is 8.82. The summed E-state index contributed by atoms with van der Waals surface area (Å²) in [5.74, 6) is 0.993. The number of halogens is 1. The minimum Gasteiger partial charge on any atom is -0.486 e. The highest BCUT2D eigenvalue weighted by molar-refractivity contribution is 9.09. The molecule has 0 radical (unpaired) electrons. The van der Waals surface area contributed by atoms with Gasteiger partial charge in [0.05, 0.1) is 0 Å². The largest absolute Gasteiger partial charge is 0.486 e. The van der Waals surface area contributed by atoms with Crippen molar-refractivity contribution in [3.8, 4) is 5.75 Å². The molecule has 1 aliphatic heterocycles. The zero-order chi connectivity index (χ0) is 9.26. The highest BCUT2D eigenvalue weighted by atomic mass is 79.9. The molecule has 1 atom stereocenters. The number of alkyl halides is 1. The van der Waals surface area contributed by atoms with Crippen molar-refractivity contribution in [1.29, 1.82) is 0 Å². The fourth-order valence-corrected chi connectivity index (χ4v) is 2.05. The van der Waals surface area contributed by atoms with E-state index in [4.69, 9.17) is 4.74 Å². The Balaban J connectivity index is 2.49. The lowest BCUT2D eigenvalue weighted by atomic mass is 10.0. The van der Waals surface area contributed by atoms with E-state index in [9.17, 15) is 0 Å². The van der Waals surface area contributed by atoms with Crippen molar-refractivity contribution in [3.05, 3.63) is 35.9 Å². The highest BCUT2D eigenvalue weighted by Gasteiger charge is 2.15. The van der Waals surface area contributed by atoms with Gasteiger partial charge in [0.1, 0.15) is 11.9 Å². The zero-order valence-corrected chi connectivity index (χ0v) is 9.04. The van der Waals surface area contributed by atoms with Gasteiger partial charge >= 0.3 is 0 Å². The Kier molecular flexibility index (Phi) is 2.40. The van der Waals surface area contributed by atoms with Crippen LogP contribution in [0.5, 0.6) is 5.75 Å². The van der Waals surface area contributed by atoms with Crippen LogP contribution in [0.15, 0.2) is 30.3 Å². The zero-order valence-electron chi connectivity index (χ0n) is 7.46. The number of hydrogen-bond acceptors (Lipinski definition) is 1. The molecule has 1 unspecified atom stereocenters. The minimum absolute atomic E-state index is 0.183. The third kappa shape index (κ3) is 1.63. The SMILES string of the molecule is CC1C=C(CBr)c2ccccc2O1. The predicted octanol–water partition coefficient (Wildman–Crippen LogP) is 3.25. The molecule has 0 bridgehead atoms. The fraction of sp³-hybridized carbons (Fsp3) is 0.273. The summed E-state index contributed by atoms with van der Waals surface area (Å²) in [4.78, 5) is 0. The van der Waals surface area contributed by atoms with Gasteiger partial charge in [-0.15, -0.1) is 0 Å². The van der Waals surface area contributed by atoms with Gasteiger partial charge in [0, 0.05) is 10.9 Å². The normalized spacial score (nSPS) is 20.2. The van der Waals surface area contributed by atoms with E-state index in [1.165, 1.54) is 11.1 Å². The summed E-state index contributed by atoms with van der Waals surface area (Å²) in [6.45, 7) is 2.05. The maximum absolute atomic E-state index is 5.67. The number of fused-ring (bicyclic) bond motifs is 1. The Hall–Kier alpha value is -0.760. The molecule has 2 heteroatoms. The van der Waals surface area contributed by atoms with Crippen LogP contribution in [0, 0.1) is 0 Å². The van der Waals surface area contributed by atoms with E-state index in [1.54, 1.807) is 0 Å². The molecule has 68 valence electrons. The van der Waals surface area contributed by atoms with Crippen LogP contribution in [-0.2, 0) is 0 Å². The van der Waals surface area contributed by atoms with Crippen LogP contribution in [0.25, 0.3) is 5.57 Å². The van der Waals surface area contributed by atoms with E-state index in [2.05, 4.69) is 35.0 Å². The van der Waals surface area contributed by atoms with Gasteiger partial charge in [0.25, 0.3) is 0 Å². The summed E-state index contributed by atoms with van der Waals surface area (Å²) in [6, 6.07) is 8.15. The first-order valence-electron chi connectivity index (χ1n) is 4.34. The van der Waals surface area contributed by atoms with Crippen LogP contribution in [0.1, 0.15) is 12.5 Å². The van der Waals surface area contributed by atoms with Gasteiger partial charge in [-0.25, -0.2) is 0 Å². The van der Waals surface area contributed by atoms with Gasteiger partial charge in [0.15, 0.2) is 0 Å². The molecule has 1 heterocycles. The Morgan fingerprint density at radius 3 is 2.92 bits per heavy atom. The molecule has 0 fully saturated rings. The molecule has 1 aromatic carbocycles. The van der Waals surface area contributed by atoms with Crippen LogP contribution < -0.4 is 4.74 Å². The maximum atomic E-state index is 5.67. The molecular weight excluding hydrogens is 228 g/mol. The third-order valence-electron chi connectivity index (χ3n) is 2.13. The molecule has 1 nitrogen and oxygen atoms in total. The van der Waals surface area contributed by atoms with Gasteiger partial charge in [-0.05, 0) is 24.6 Å². The van der Waals surface area contributed by atoms with Gasteiger partial charge in [-0.3, -0.25) is 0 Å². The van der Waals surface area contributed by atoms with Crippen molar-refractivity contribution in [1.82, 2.24) is 0 Å². The first-order valence-corrected chi connectivity index (χ1v) is 5.46. The molecule has 0 spiro atoms. The molecule has 0 saturated carbocycles. The number of hydrogen-bond donors (Lipinski definition) is 0. The average molecular weight is 239 g/mol. The lowest BCUT2D eigenvalue weighted by molar-refractivity contribution is 0.265. The van der Waals surface area contributed by atoms with Gasteiger partial charge in [-0.2, -0.15) is 0 Å². The first-order chi connectivity index (χ1) is 6.31. The molecular formula is C11H11BrO. The van der Waals surface area contributed by atoms with Crippen molar-refractivity contribution in [3.63, 3.8) is 0 Å². The quantitative estimate of drug-likeness (QED) is 0.683. The number of para-hydroxylation sites is 1. The smallest absolute Gasteiger partial charge is 0.127 e. The van der Waals surface area contributed by atoms with E-state index in [1.807, 2.05) is 18.2 Å². The van der Waals surface area contributed by atoms with Crippen molar-refractivity contribution in [2.75, 3.05) is 5.33 Å². The van der Waals surface area contributed by atoms with Crippen LogP contribution >= 0.6 is 15.9 Å². The molecule has 1 aromatic rings. The van der Waals surface area contributed by atoms with Crippen LogP contribution in [0.2, 0.25) is 0 Å². The molecule has 0 aromatic heterocycles. The Morgan fingerprint density at radius 2 is 2.15 bits per heavy atom. The lowest BCUT2D eigenvalue weighted by Crippen LogP contribution is -2.14. The summed E-state index contributed by atoms with van der Waals surface area (Å²) < 4.78 is 5.67. The second-order valence-corrected chi connectivity index (χ2v) is 3.71. The van der Waals surface area contributed by atoms with E-state index in [0.717, 1.165) is 11.1 Å². The van der Waals surface area contributed by atoms with E-state index in [-0.39, 0.29) is 6.10 Å². The molecule has 1 aliphatic rings. The highest BCUT2D eigenvalue weighted by Crippen LogP contribution is 2.32.